The molecule has 9 heteroatoms. The van der Waals surface area contributed by atoms with Gasteiger partial charge in [-0.3, -0.25) is 9.69 Å². The molecule has 9 nitrogen and oxygen atoms in total. The molecule has 1 fully saturated rings. The van der Waals surface area contributed by atoms with Crippen molar-refractivity contribution in [3.63, 3.8) is 0 Å². The predicted molar refractivity (Wildman–Crippen MR) is 123 cm³/mol. The van der Waals surface area contributed by atoms with E-state index in [1.54, 1.807) is 45.9 Å². The van der Waals surface area contributed by atoms with Crippen LogP contribution in [0.4, 0.5) is 0 Å². The number of benzene rings is 1. The second-order valence-electron chi connectivity index (χ2n) is 8.39. The van der Waals surface area contributed by atoms with Gasteiger partial charge in [-0.2, -0.15) is 5.26 Å². The quantitative estimate of drug-likeness (QED) is 0.431. The maximum atomic E-state index is 13.6. The Morgan fingerprint density at radius 1 is 1.18 bits per heavy atom. The number of piperidine rings is 1. The van der Waals surface area contributed by atoms with Crippen LogP contribution in [0.2, 0.25) is 0 Å². The molecule has 1 aromatic carbocycles. The van der Waals surface area contributed by atoms with E-state index in [1.165, 1.54) is 0 Å². The van der Waals surface area contributed by atoms with Crippen molar-refractivity contribution in [2.45, 2.75) is 19.8 Å². The lowest BCUT2D eigenvalue weighted by atomic mass is 9.75. The maximum Gasteiger partial charge on any atom is 0.203 e. The molecule has 0 saturated carbocycles. The SMILES string of the molecule is COc1cc(-c2cnc3[nH]cc(C(=O)C4(C)CCN(CC#N)CC4)c3n2)cc(OC)c1OC. The molecular formula is C24H27N5O4. The molecule has 0 aliphatic carbocycles. The fourth-order valence-corrected chi connectivity index (χ4v) is 4.29. The molecule has 0 bridgehead atoms. The molecular weight excluding hydrogens is 422 g/mol. The van der Waals surface area contributed by atoms with Gasteiger partial charge in [0.1, 0.15) is 5.52 Å². The Morgan fingerprint density at radius 2 is 1.85 bits per heavy atom. The molecule has 3 heterocycles. The first-order chi connectivity index (χ1) is 15.9. The molecule has 1 N–H and O–H groups in total. The summed E-state index contributed by atoms with van der Waals surface area (Å²) in [4.78, 5) is 28.0. The third-order valence-corrected chi connectivity index (χ3v) is 6.39. The normalized spacial score (nSPS) is 15.7. The van der Waals surface area contributed by atoms with Crippen molar-refractivity contribution < 1.29 is 19.0 Å². The first kappa shape index (κ1) is 22.6. The van der Waals surface area contributed by atoms with Gasteiger partial charge in [0.05, 0.1) is 51.4 Å². The molecule has 0 radical (unpaired) electrons. The van der Waals surface area contributed by atoms with Crippen LogP contribution in [-0.4, -0.2) is 66.6 Å². The van der Waals surface area contributed by atoms with Crippen LogP contribution in [0.3, 0.4) is 0 Å². The Hall–Kier alpha value is -3.64. The van der Waals surface area contributed by atoms with Crippen LogP contribution < -0.4 is 14.2 Å². The first-order valence-electron chi connectivity index (χ1n) is 10.7. The minimum absolute atomic E-state index is 0.0432. The highest BCUT2D eigenvalue weighted by Crippen LogP contribution is 2.41. The molecule has 1 aliphatic rings. The molecule has 0 atom stereocenters. The first-order valence-corrected chi connectivity index (χ1v) is 10.7. The molecule has 172 valence electrons. The number of aromatic amines is 1. The molecule has 4 rings (SSSR count). The molecule has 33 heavy (non-hydrogen) atoms. The number of nitrogens with zero attached hydrogens (tertiary/aromatic N) is 4. The number of hydrogen-bond donors (Lipinski definition) is 1. The number of methoxy groups -OCH3 is 3. The van der Waals surface area contributed by atoms with E-state index in [1.807, 2.05) is 6.92 Å². The summed E-state index contributed by atoms with van der Waals surface area (Å²) in [5.74, 6) is 1.55. The van der Waals surface area contributed by atoms with Gasteiger partial charge in [-0.25, -0.2) is 9.97 Å². The lowest BCUT2D eigenvalue weighted by Crippen LogP contribution is -2.42. The number of carbonyl (C=O) groups is 1. The van der Waals surface area contributed by atoms with Crippen molar-refractivity contribution >= 4 is 16.9 Å². The minimum Gasteiger partial charge on any atom is -0.493 e. The number of H-pyrrole nitrogens is 1. The van der Waals surface area contributed by atoms with Crippen molar-refractivity contribution in [3.8, 4) is 34.6 Å². The van der Waals surface area contributed by atoms with Crippen molar-refractivity contribution in [1.82, 2.24) is 19.9 Å². The average Bonchev–Trinajstić information content (AvgIpc) is 3.27. The Morgan fingerprint density at radius 3 is 2.42 bits per heavy atom. The van der Waals surface area contributed by atoms with Gasteiger partial charge in [0, 0.05) is 30.3 Å². The highest BCUT2D eigenvalue weighted by atomic mass is 16.5. The molecule has 0 unspecified atom stereocenters. The second kappa shape index (κ2) is 9.08. The van der Waals surface area contributed by atoms with E-state index in [9.17, 15) is 4.79 Å². The van der Waals surface area contributed by atoms with Crippen LogP contribution in [-0.2, 0) is 0 Å². The van der Waals surface area contributed by atoms with Gasteiger partial charge in [-0.1, -0.05) is 6.92 Å². The van der Waals surface area contributed by atoms with Gasteiger partial charge in [0.15, 0.2) is 22.9 Å². The third kappa shape index (κ3) is 4.10. The molecule has 1 saturated heterocycles. The Balaban J connectivity index is 1.71. The maximum absolute atomic E-state index is 13.6. The van der Waals surface area contributed by atoms with Crippen LogP contribution in [0.25, 0.3) is 22.4 Å². The monoisotopic (exact) mass is 449 g/mol. The minimum atomic E-state index is -0.509. The highest BCUT2D eigenvalue weighted by Gasteiger charge is 2.38. The number of ether oxygens (including phenoxy) is 3. The molecule has 3 aromatic rings. The molecule has 0 amide bonds. The van der Waals surface area contributed by atoms with E-state index in [4.69, 9.17) is 24.5 Å². The second-order valence-corrected chi connectivity index (χ2v) is 8.39. The summed E-state index contributed by atoms with van der Waals surface area (Å²) in [7, 11) is 4.66. The zero-order valence-corrected chi connectivity index (χ0v) is 19.3. The number of likely N-dealkylation sites (tertiary alicyclic amines) is 1. The molecule has 0 spiro atoms. The van der Waals surface area contributed by atoms with Crippen molar-refractivity contribution in [2.24, 2.45) is 5.41 Å². The van der Waals surface area contributed by atoms with Crippen molar-refractivity contribution in [2.75, 3.05) is 41.0 Å². The van der Waals surface area contributed by atoms with Gasteiger partial charge in [0.25, 0.3) is 0 Å². The Labute approximate surface area is 192 Å². The van der Waals surface area contributed by atoms with E-state index < -0.39 is 5.41 Å². The number of rotatable bonds is 7. The third-order valence-electron chi connectivity index (χ3n) is 6.39. The van der Waals surface area contributed by atoms with Crippen LogP contribution in [0, 0.1) is 16.7 Å². The van der Waals surface area contributed by atoms with E-state index >= 15 is 0 Å². The van der Waals surface area contributed by atoms with Gasteiger partial charge >= 0.3 is 0 Å². The number of nitriles is 1. The van der Waals surface area contributed by atoms with Crippen LogP contribution in [0.1, 0.15) is 30.1 Å². The fraction of sp³-hybridized carbons (Fsp3) is 0.417. The number of aromatic nitrogens is 3. The Kier molecular flexibility index (Phi) is 6.20. The number of hydrogen-bond acceptors (Lipinski definition) is 8. The van der Waals surface area contributed by atoms with Gasteiger partial charge < -0.3 is 19.2 Å². The summed E-state index contributed by atoms with van der Waals surface area (Å²) >= 11 is 0. The zero-order valence-electron chi connectivity index (χ0n) is 19.3. The number of ketones is 1. The number of nitrogens with one attached hydrogen (secondary N) is 1. The average molecular weight is 450 g/mol. The van der Waals surface area contributed by atoms with Gasteiger partial charge in [-0.05, 0) is 25.0 Å². The topological polar surface area (TPSA) is 113 Å². The van der Waals surface area contributed by atoms with Crippen LogP contribution in [0.5, 0.6) is 17.2 Å². The smallest absolute Gasteiger partial charge is 0.203 e. The van der Waals surface area contributed by atoms with Crippen LogP contribution >= 0.6 is 0 Å². The summed E-state index contributed by atoms with van der Waals surface area (Å²) in [5, 5.41) is 8.94. The highest BCUT2D eigenvalue weighted by molar-refractivity contribution is 6.08. The Bertz CT molecular complexity index is 1200. The summed E-state index contributed by atoms with van der Waals surface area (Å²) < 4.78 is 16.3. The standard InChI is InChI=1S/C24H27N5O4/c1-24(5-8-29(9-6-24)10-7-25)22(30)16-13-26-23-20(16)28-17(14-27-23)15-11-18(31-2)21(33-4)19(12-15)32-3/h11-14H,5-6,8-10H2,1-4H3,(H,26,27). The van der Waals surface area contributed by atoms with Crippen molar-refractivity contribution in [1.29, 1.82) is 5.26 Å². The van der Waals surface area contributed by atoms with Crippen LogP contribution in [0.15, 0.2) is 24.5 Å². The van der Waals surface area contributed by atoms with E-state index in [0.717, 1.165) is 18.7 Å². The summed E-state index contributed by atoms with van der Waals surface area (Å²) in [6.07, 6.45) is 4.73. The van der Waals surface area contributed by atoms with E-state index in [-0.39, 0.29) is 5.78 Å². The summed E-state index contributed by atoms with van der Waals surface area (Å²) in [6.45, 7) is 3.83. The number of carbonyl (C=O) groups excluding carboxylic acids is 1. The molecule has 2 aromatic heterocycles. The lowest BCUT2D eigenvalue weighted by molar-refractivity contribution is 0.0665. The van der Waals surface area contributed by atoms with E-state index in [2.05, 4.69) is 20.9 Å². The summed E-state index contributed by atoms with van der Waals surface area (Å²) in [6, 6.07) is 5.79. The lowest BCUT2D eigenvalue weighted by Gasteiger charge is -2.37. The predicted octanol–water partition coefficient (Wildman–Crippen LogP) is 3.46. The van der Waals surface area contributed by atoms with Gasteiger partial charge in [-0.15, -0.1) is 0 Å². The number of fused-ring (bicyclic) bond motifs is 1. The molecule has 1 aliphatic heterocycles. The summed E-state index contributed by atoms with van der Waals surface area (Å²) in [5.41, 5.74) is 2.43. The largest absolute Gasteiger partial charge is 0.493 e. The number of Topliss-reactive ketones (excluding diaryl/α,β-unsaturated/α-hetero) is 1. The zero-order chi connectivity index (χ0) is 23.6. The fourth-order valence-electron chi connectivity index (χ4n) is 4.29. The van der Waals surface area contributed by atoms with E-state index in [0.29, 0.717) is 59.1 Å². The van der Waals surface area contributed by atoms with Crippen molar-refractivity contribution in [3.05, 3.63) is 30.1 Å². The van der Waals surface area contributed by atoms with Gasteiger partial charge in [0.2, 0.25) is 5.75 Å².